The Labute approximate surface area is 238 Å². The summed E-state index contributed by atoms with van der Waals surface area (Å²) in [6.45, 7) is 5.95. The largest absolute Gasteiger partial charge is 0.350 e. The maximum Gasteiger partial charge on any atom is 0.243 e. The van der Waals surface area contributed by atoms with Crippen molar-refractivity contribution in [3.05, 3.63) is 82.3 Å². The molecule has 0 saturated carbocycles. The summed E-state index contributed by atoms with van der Waals surface area (Å²) >= 11 is 3.45. The Morgan fingerprint density at radius 2 is 1.54 bits per heavy atom. The molecule has 8 heteroatoms. The van der Waals surface area contributed by atoms with Crippen LogP contribution in [-0.2, 0) is 32.1 Å². The summed E-state index contributed by atoms with van der Waals surface area (Å²) in [7, 11) is 0. The Hall–Kier alpha value is -3.26. The van der Waals surface area contributed by atoms with E-state index in [4.69, 9.17) is 0 Å². The number of nitrogens with one attached hydrogen (secondary N) is 1. The molecule has 1 aliphatic heterocycles. The third-order valence-corrected chi connectivity index (χ3v) is 7.71. The van der Waals surface area contributed by atoms with Crippen LogP contribution in [0.4, 0.5) is 0 Å². The van der Waals surface area contributed by atoms with Gasteiger partial charge in [-0.25, -0.2) is 0 Å². The summed E-state index contributed by atoms with van der Waals surface area (Å²) in [6.07, 6.45) is 5.30. The lowest BCUT2D eigenvalue weighted by Gasteiger charge is -2.34. The van der Waals surface area contributed by atoms with E-state index in [0.717, 1.165) is 15.6 Å². The van der Waals surface area contributed by atoms with Crippen molar-refractivity contribution >= 4 is 39.6 Å². The molecule has 0 radical (unpaired) electrons. The third-order valence-electron chi connectivity index (χ3n) is 7.18. The van der Waals surface area contributed by atoms with E-state index < -0.39 is 11.6 Å². The van der Waals surface area contributed by atoms with Crippen molar-refractivity contribution in [3.8, 4) is 0 Å². The molecule has 206 valence electrons. The van der Waals surface area contributed by atoms with E-state index in [1.54, 1.807) is 4.90 Å². The highest BCUT2D eigenvalue weighted by Gasteiger charge is 2.47. The number of nitrogens with zero attached hydrogens (tertiary/aromatic N) is 2. The summed E-state index contributed by atoms with van der Waals surface area (Å²) in [5.41, 5.74) is 1.32. The zero-order valence-electron chi connectivity index (χ0n) is 22.7. The molecule has 1 heterocycles. The van der Waals surface area contributed by atoms with Crippen molar-refractivity contribution in [1.82, 2.24) is 15.1 Å². The molecule has 2 aromatic rings. The fourth-order valence-electron chi connectivity index (χ4n) is 5.23. The molecule has 0 spiro atoms. The smallest absolute Gasteiger partial charge is 0.243 e. The van der Waals surface area contributed by atoms with Crippen LogP contribution in [0.5, 0.6) is 0 Å². The molecule has 3 atom stereocenters. The highest BCUT2D eigenvalue weighted by molar-refractivity contribution is 9.10. The van der Waals surface area contributed by atoms with Gasteiger partial charge in [0.25, 0.3) is 0 Å². The molecule has 0 aromatic heterocycles. The van der Waals surface area contributed by atoms with Crippen LogP contribution in [0.3, 0.4) is 0 Å². The zero-order chi connectivity index (χ0) is 28.2. The van der Waals surface area contributed by atoms with Crippen molar-refractivity contribution in [2.75, 3.05) is 6.54 Å². The monoisotopic (exact) mass is 593 g/mol. The van der Waals surface area contributed by atoms with Crippen molar-refractivity contribution < 1.29 is 19.2 Å². The summed E-state index contributed by atoms with van der Waals surface area (Å²) in [5.74, 6) is -1.60. The minimum Gasteiger partial charge on any atom is -0.350 e. The number of rotatable bonds is 9. The van der Waals surface area contributed by atoms with Gasteiger partial charge >= 0.3 is 0 Å². The van der Waals surface area contributed by atoms with Crippen molar-refractivity contribution in [2.24, 2.45) is 11.8 Å². The number of hydrogen-bond acceptors (Lipinski definition) is 4. The SMILES string of the molecule is CC(C)(C)NC(=O)[C@@H](Cc1ccccc1)N(Cc1ccc(Br)cc1)C(=O)CCN1C(=O)[C@H]2CC=CC[C@H]2C1=O. The van der Waals surface area contributed by atoms with Gasteiger partial charge in [-0.1, -0.05) is 70.5 Å². The average Bonchev–Trinajstić information content (AvgIpc) is 3.14. The lowest BCUT2D eigenvalue weighted by molar-refractivity contribution is -0.144. The molecule has 1 N–H and O–H groups in total. The van der Waals surface area contributed by atoms with Gasteiger partial charge in [0.15, 0.2) is 0 Å². The molecule has 39 heavy (non-hydrogen) atoms. The van der Waals surface area contributed by atoms with E-state index in [2.05, 4.69) is 21.2 Å². The van der Waals surface area contributed by atoms with Crippen LogP contribution >= 0.6 is 15.9 Å². The van der Waals surface area contributed by atoms with Crippen molar-refractivity contribution in [1.29, 1.82) is 0 Å². The Bertz CT molecular complexity index is 1210. The first-order chi connectivity index (χ1) is 18.5. The number of likely N-dealkylation sites (tertiary alicyclic amines) is 1. The van der Waals surface area contributed by atoms with Gasteiger partial charge < -0.3 is 10.2 Å². The van der Waals surface area contributed by atoms with E-state index in [1.807, 2.05) is 87.5 Å². The first kappa shape index (κ1) is 28.7. The number of imide groups is 1. The Morgan fingerprint density at radius 1 is 0.949 bits per heavy atom. The number of allylic oxidation sites excluding steroid dienone is 2. The van der Waals surface area contributed by atoms with E-state index in [9.17, 15) is 19.2 Å². The molecule has 2 aliphatic rings. The van der Waals surface area contributed by atoms with Crippen LogP contribution < -0.4 is 5.32 Å². The topological polar surface area (TPSA) is 86.8 Å². The lowest BCUT2D eigenvalue weighted by atomic mass is 9.85. The number of hydrogen-bond donors (Lipinski definition) is 1. The van der Waals surface area contributed by atoms with Gasteiger partial charge in [-0.15, -0.1) is 0 Å². The van der Waals surface area contributed by atoms with Gasteiger partial charge in [0.1, 0.15) is 6.04 Å². The van der Waals surface area contributed by atoms with Gasteiger partial charge in [-0.2, -0.15) is 0 Å². The predicted molar refractivity (Wildman–Crippen MR) is 153 cm³/mol. The summed E-state index contributed by atoms with van der Waals surface area (Å²) in [6, 6.07) is 16.5. The molecule has 4 amide bonds. The first-order valence-electron chi connectivity index (χ1n) is 13.4. The summed E-state index contributed by atoms with van der Waals surface area (Å²) in [5, 5.41) is 3.05. The van der Waals surface area contributed by atoms with Crippen LogP contribution in [-0.4, -0.2) is 51.6 Å². The maximum atomic E-state index is 13.9. The molecule has 0 bridgehead atoms. The Balaban J connectivity index is 1.60. The number of benzene rings is 2. The molecule has 1 saturated heterocycles. The molecular formula is C31H36BrN3O4. The maximum absolute atomic E-state index is 13.9. The summed E-state index contributed by atoms with van der Waals surface area (Å²) in [4.78, 5) is 56.3. The zero-order valence-corrected chi connectivity index (χ0v) is 24.3. The van der Waals surface area contributed by atoms with Gasteiger partial charge in [0.05, 0.1) is 11.8 Å². The number of carbonyl (C=O) groups is 4. The van der Waals surface area contributed by atoms with E-state index >= 15 is 0 Å². The van der Waals surface area contributed by atoms with Crippen LogP contribution in [0.15, 0.2) is 71.2 Å². The van der Waals surface area contributed by atoms with Gasteiger partial charge in [0, 0.05) is 35.9 Å². The second kappa shape index (κ2) is 12.3. The standard InChI is InChI=1S/C31H36BrN3O4/c1-31(2,3)33-28(37)26(19-21-9-5-4-6-10-21)35(20-22-13-15-23(32)16-14-22)27(36)17-18-34-29(38)24-11-7-8-12-25(24)30(34)39/h4-10,13-16,24-26H,11-12,17-20H2,1-3H3,(H,33,37)/t24-,25+,26-/m1/s1. The minimum atomic E-state index is -0.778. The van der Waals surface area contributed by atoms with E-state index in [1.165, 1.54) is 4.90 Å². The Kier molecular flexibility index (Phi) is 9.05. The van der Waals surface area contributed by atoms with Crippen LogP contribution in [0, 0.1) is 11.8 Å². The minimum absolute atomic E-state index is 0.0132. The molecule has 2 aromatic carbocycles. The predicted octanol–water partition coefficient (Wildman–Crippen LogP) is 4.65. The second-order valence-electron chi connectivity index (χ2n) is 11.3. The number of amides is 4. The fourth-order valence-corrected chi connectivity index (χ4v) is 5.50. The average molecular weight is 595 g/mol. The Morgan fingerprint density at radius 3 is 2.10 bits per heavy atom. The second-order valence-corrected chi connectivity index (χ2v) is 12.2. The fraction of sp³-hybridized carbons (Fsp3) is 0.419. The van der Waals surface area contributed by atoms with E-state index in [0.29, 0.717) is 19.3 Å². The first-order valence-corrected chi connectivity index (χ1v) is 14.2. The number of fused-ring (bicyclic) bond motifs is 1. The molecule has 4 rings (SSSR count). The third kappa shape index (κ3) is 7.24. The molecule has 1 fully saturated rings. The van der Waals surface area contributed by atoms with E-state index in [-0.39, 0.29) is 55.0 Å². The van der Waals surface area contributed by atoms with Gasteiger partial charge in [-0.05, 0) is 56.9 Å². The quantitative estimate of drug-likeness (QED) is 0.339. The molecule has 1 aliphatic carbocycles. The molecular weight excluding hydrogens is 558 g/mol. The highest BCUT2D eigenvalue weighted by atomic mass is 79.9. The van der Waals surface area contributed by atoms with Crippen LogP contribution in [0.1, 0.15) is 51.2 Å². The van der Waals surface area contributed by atoms with Crippen molar-refractivity contribution in [3.63, 3.8) is 0 Å². The van der Waals surface area contributed by atoms with Crippen LogP contribution in [0.2, 0.25) is 0 Å². The van der Waals surface area contributed by atoms with Gasteiger partial charge in [-0.3, -0.25) is 24.1 Å². The summed E-state index contributed by atoms with van der Waals surface area (Å²) < 4.78 is 0.914. The lowest BCUT2D eigenvalue weighted by Crippen LogP contribution is -2.54. The van der Waals surface area contributed by atoms with Crippen LogP contribution in [0.25, 0.3) is 0 Å². The van der Waals surface area contributed by atoms with Crippen molar-refractivity contribution in [2.45, 2.75) is 64.6 Å². The number of halogens is 1. The molecule has 7 nitrogen and oxygen atoms in total. The number of carbonyl (C=O) groups excluding carboxylic acids is 4. The normalized spacial score (nSPS) is 19.5. The highest BCUT2D eigenvalue weighted by Crippen LogP contribution is 2.35. The van der Waals surface area contributed by atoms with Gasteiger partial charge in [0.2, 0.25) is 23.6 Å². The molecule has 0 unspecified atom stereocenters.